The zero-order chi connectivity index (χ0) is 109. The summed E-state index contributed by atoms with van der Waals surface area (Å²) in [6, 6.07) is 9.36. The van der Waals surface area contributed by atoms with Gasteiger partial charge in [0.25, 0.3) is 0 Å². The number of aromatic nitrogens is 5. The maximum absolute atomic E-state index is 11.6. The number of nitrogens with zero attached hydrogens (tertiary/aromatic N) is 9. The maximum atomic E-state index is 11.6. The Morgan fingerprint density at radius 1 is 0.490 bits per heavy atom. The number of hydrogen-bond acceptors (Lipinski definition) is 33. The number of carbonyl (C=O) groups excluding carboxylic acids is 7. The number of nitrogens with one attached hydrogen (secondary N) is 4. The van der Waals surface area contributed by atoms with Crippen LogP contribution in [0.3, 0.4) is 0 Å². The van der Waals surface area contributed by atoms with Gasteiger partial charge < -0.3 is 80.3 Å². The molecule has 4 aliphatic rings. The average Bonchev–Trinajstić information content (AvgIpc) is 0.812. The Morgan fingerprint density at radius 3 is 1.03 bits per heavy atom. The Hall–Kier alpha value is -7.14. The van der Waals surface area contributed by atoms with Crippen LogP contribution in [0.15, 0.2) is 42.5 Å². The maximum Gasteiger partial charge on any atom is 2.00 e. The van der Waals surface area contributed by atoms with E-state index in [9.17, 15) is 68.7 Å². The van der Waals surface area contributed by atoms with Gasteiger partial charge in [0.05, 0.1) is 41.4 Å². The van der Waals surface area contributed by atoms with Crippen LogP contribution in [-0.4, -0.2) is 201 Å². The van der Waals surface area contributed by atoms with Crippen LogP contribution in [0.4, 0.5) is 64.7 Å². The molecule has 14 N–H and O–H groups in total. The SMILES string of the molecule is CC(=O)C1CCC(C)CC1.CC(=O)C1CCC(C)CC1.CC(C)(C)OC(=O)Nc1cc(Cl)nc(Cl)c1N.CC(C)(C)OC(=O)Nc1cc(Cl)nc(Cl)c1[N+](=O)[O-].CC(C)(C)OC(=O)OC(=O)OC(C)(C)C.CC1CCC(C(=O)O)CC1.CCO.CNOC.CON(C)C(=O)C1CCC(C)CC1.Cl.Nc1cc(Cl)nc(Cl)c1.Nc1cc(Cl)nc(Cl)c1[N+](=O)[O-].O=S(=O)(O)O.O=[N+]([O-])Nc1cc(Cl)nc(Cl)c1.[Br-].[CH3-].[Mg+2]. The number of hydrazine groups is 1. The summed E-state index contributed by atoms with van der Waals surface area (Å²) in [5.41, 5.74) is 17.8. The third-order valence-electron chi connectivity index (χ3n) is 17.9. The van der Waals surface area contributed by atoms with Crippen LogP contribution in [0.1, 0.15) is 234 Å². The number of nitrogen functional groups attached to an aromatic ring is 3. The number of carbonyl (C=O) groups is 8. The summed E-state index contributed by atoms with van der Waals surface area (Å²) in [4.78, 5) is 146. The number of hydroxylamine groups is 3. The van der Waals surface area contributed by atoms with Gasteiger partial charge in [-0.05, 0) is 217 Å². The van der Waals surface area contributed by atoms with Crippen LogP contribution in [-0.2, 0) is 62.9 Å². The van der Waals surface area contributed by atoms with E-state index in [0.29, 0.717) is 39.4 Å². The molecule has 5 aromatic heterocycles. The standard InChI is InChI=1S/C10H11Cl2N3O4.C10H13Cl2N3O2.C10H19NO2.C10H18O5.2C9H16O.C8H14O2.2C5H3Cl2N3O2.C5H4Cl2N2.C2H7NO.C2H6O.CH3.BrH.ClH.Mg.H2O4S/c1-10(2,3)19-9(16)13-5-4-6(11)14-8(12)7(5)15(17)18;1-10(2,3)17-9(16)14-5-4-6(11)15-8(12)7(5)13;1-8-4-6-9(7-5-8)10(12)11(2)13-3;1-9(2,3)14-7(11)13-8(12)15-10(4,5)6;2*1-7-3-5-9(6-4-7)8(2)10;1-6-2-4-7(5-3-6)8(9)10;6-4-1-3(9-10(11)12)2-5(7)8-4;6-3-1-2(8)4(10(11)12)5(7)9-3;6-4-1-3(8)2-5(7)9-4;1-3-4-2;1-2-3;;;;;1-5(2,3)4/h4H,1-3H3,(H,13,14,16);4H,13H2,1-3H3,(H,14,15,16);8-9H,4-7H2,1-3H3;1-6H3;2*7,9H,3-6H2,1-2H3;6-7H,2-5H2,1H3,(H,9,10);1-2H,(H,8,9);1H,(H2,8,9);1-2H,(H2,8,9);3H,1-2H3;3H,2H2,1H3;1H3;2*1H;;(H2,1,2,3,4)/q;;;;;;;;;;;;-1;;;+2;/p-1. The molecule has 43 nitrogen and oxygen atoms in total. The van der Waals surface area contributed by atoms with E-state index in [1.165, 1.54) is 87.1 Å². The number of rotatable bonds is 12. The van der Waals surface area contributed by atoms with Gasteiger partial charge in [-0.25, -0.2) is 64.8 Å². The molecule has 0 bridgehead atoms. The van der Waals surface area contributed by atoms with Crippen molar-refractivity contribution in [1.82, 2.24) is 35.5 Å². The van der Waals surface area contributed by atoms with Crippen molar-refractivity contribution in [3.63, 3.8) is 0 Å². The molecule has 0 saturated heterocycles. The normalized spacial score (nSPS) is 16.7. The van der Waals surface area contributed by atoms with E-state index < -0.39 is 94.7 Å². The number of pyridine rings is 5. The van der Waals surface area contributed by atoms with Crippen LogP contribution in [0.25, 0.3) is 0 Å². The van der Waals surface area contributed by atoms with E-state index in [1.807, 2.05) is 5.43 Å². The summed E-state index contributed by atoms with van der Waals surface area (Å²) >= 11 is 55.4. The summed E-state index contributed by atoms with van der Waals surface area (Å²) in [7, 11) is 1.82. The van der Waals surface area contributed by atoms with Gasteiger partial charge in [0.1, 0.15) is 87.1 Å². The van der Waals surface area contributed by atoms with Gasteiger partial charge in [-0.3, -0.25) is 64.0 Å². The molecule has 3 amide bonds. The van der Waals surface area contributed by atoms with Crippen LogP contribution in [0, 0.1) is 85.1 Å². The molecule has 0 unspecified atom stereocenters. The molecule has 0 aliphatic heterocycles. The Balaban J connectivity index is -0.000000234. The molecule has 57 heteroatoms. The Morgan fingerprint density at radius 2 is 0.762 bits per heavy atom. The second kappa shape index (κ2) is 77.3. The number of aliphatic carboxylic acids is 1. The first-order valence-electron chi connectivity index (χ1n) is 42.5. The van der Waals surface area contributed by atoms with Crippen molar-refractivity contribution >= 4 is 255 Å². The summed E-state index contributed by atoms with van der Waals surface area (Å²) in [5, 5.41) is 52.9. The minimum atomic E-state index is -4.67. The van der Waals surface area contributed by atoms with E-state index >= 15 is 0 Å². The first-order valence-corrected chi connectivity index (χ1v) is 47.7. The van der Waals surface area contributed by atoms with Crippen LogP contribution in [0.5, 0.6) is 0 Å². The zero-order valence-corrected chi connectivity index (χ0v) is 96.5. The van der Waals surface area contributed by atoms with Crippen molar-refractivity contribution in [2.45, 2.75) is 257 Å². The molecule has 5 heterocycles. The second-order valence-electron chi connectivity index (χ2n) is 34.8. The predicted octanol–water partition coefficient (Wildman–Crippen LogP) is 20.8. The Labute approximate surface area is 918 Å². The summed E-state index contributed by atoms with van der Waals surface area (Å²) in [6.07, 6.45) is 14.3. The van der Waals surface area contributed by atoms with E-state index in [1.54, 1.807) is 125 Å². The molecular weight excluding hydrogens is 2220 g/mol. The van der Waals surface area contributed by atoms with Crippen LogP contribution < -0.4 is 55.7 Å². The number of aliphatic hydroxyl groups is 1. The number of nitrogens with two attached hydrogens (primary N) is 3. The van der Waals surface area contributed by atoms with E-state index in [0.717, 1.165) is 93.9 Å². The molecular formula is C86H136BrCl11MgN16O27S. The van der Waals surface area contributed by atoms with Crippen molar-refractivity contribution in [3.8, 4) is 0 Å². The number of halogens is 12. The van der Waals surface area contributed by atoms with Crippen molar-refractivity contribution in [2.75, 3.05) is 68.2 Å². The third kappa shape index (κ3) is 80.6. The largest absolute Gasteiger partial charge is 2.00 e. The number of hydrogen-bond donors (Lipinski definition) is 11. The van der Waals surface area contributed by atoms with Gasteiger partial charge in [0.15, 0.2) is 10.2 Å². The van der Waals surface area contributed by atoms with Crippen molar-refractivity contribution in [3.05, 3.63) is 132 Å². The molecule has 4 saturated carbocycles. The molecule has 4 aliphatic carbocycles. The fraction of sp³-hybridized carbons (Fsp3) is 0.605. The molecule has 143 heavy (non-hydrogen) atoms. The number of ether oxygens (including phenoxy) is 5. The van der Waals surface area contributed by atoms with E-state index in [4.69, 9.17) is 185 Å². The van der Waals surface area contributed by atoms with Gasteiger partial charge >= 0.3 is 75.3 Å². The number of Topliss-reactive ketones (excluding diaryl/α,β-unsaturated/α-hetero) is 2. The first kappa shape index (κ1) is 151. The predicted molar refractivity (Wildman–Crippen MR) is 557 cm³/mol. The monoisotopic (exact) mass is 2340 g/mol. The van der Waals surface area contributed by atoms with Gasteiger partial charge in [0.2, 0.25) is 16.2 Å². The van der Waals surface area contributed by atoms with Crippen molar-refractivity contribution < 1.29 is 131 Å². The molecule has 5 aromatic rings. The molecule has 0 aromatic carbocycles. The molecule has 0 spiro atoms. The number of amides is 3. The number of aliphatic hydroxyl groups excluding tert-OH is 1. The molecule has 0 atom stereocenters. The number of carboxylic acids is 1. The summed E-state index contributed by atoms with van der Waals surface area (Å²) in [6.45, 7) is 34.6. The van der Waals surface area contributed by atoms with Crippen LogP contribution >= 0.6 is 128 Å². The molecule has 4 fully saturated rings. The van der Waals surface area contributed by atoms with Crippen molar-refractivity contribution in [1.29, 1.82) is 0 Å². The van der Waals surface area contributed by atoms with Crippen molar-refractivity contribution in [2.24, 2.45) is 47.3 Å². The zero-order valence-electron chi connectivity index (χ0n) is 84.3. The smallest absolute Gasteiger partial charge is 1.00 e. The van der Waals surface area contributed by atoms with E-state index in [2.05, 4.69) is 78.3 Å². The fourth-order valence-corrected chi connectivity index (χ4v) is 13.6. The van der Waals surface area contributed by atoms with Gasteiger partial charge in [-0.15, -0.1) is 17.8 Å². The molecule has 814 valence electrons. The number of carboxylic acid groups (broad SMARTS) is 1. The van der Waals surface area contributed by atoms with Gasteiger partial charge in [-0.2, -0.15) is 8.42 Å². The van der Waals surface area contributed by atoms with E-state index in [-0.39, 0.29) is 149 Å². The molecule has 9 rings (SSSR count). The number of anilines is 6. The van der Waals surface area contributed by atoms with Gasteiger partial charge in [-0.1, -0.05) is 169 Å². The summed E-state index contributed by atoms with van der Waals surface area (Å²) < 4.78 is 55.4. The Bertz CT molecular complexity index is 4600. The third-order valence-corrected chi connectivity index (χ3v) is 20.1. The topological polar surface area (TPSA) is 640 Å². The fourth-order valence-electron chi connectivity index (χ4n) is 11.3. The van der Waals surface area contributed by atoms with Gasteiger partial charge in [0, 0.05) is 74.5 Å². The average molecular weight is 2350 g/mol. The minimum absolute atomic E-state index is 0. The quantitative estimate of drug-likeness (QED) is 0.00636. The summed E-state index contributed by atoms with van der Waals surface area (Å²) in [5.74, 6) is 4.52. The number of ketones is 2. The minimum Gasteiger partial charge on any atom is -1.00 e. The number of nitro groups is 3. The van der Waals surface area contributed by atoms with Crippen LogP contribution in [0.2, 0.25) is 51.5 Å². The first-order chi connectivity index (χ1) is 63.6. The molecule has 0 radical (unpaired) electrons. The second-order valence-corrected chi connectivity index (χ2v) is 39.5. The Kier molecular flexibility index (Phi) is 81.6.